The molecule has 0 amide bonds. The van der Waals surface area contributed by atoms with E-state index in [2.05, 4.69) is 36.9 Å². The molecule has 0 saturated carbocycles. The molecule has 18 heavy (non-hydrogen) atoms. The van der Waals surface area contributed by atoms with Gasteiger partial charge in [-0.05, 0) is 31.7 Å². The number of hydrogen-bond acceptors (Lipinski definition) is 2. The van der Waals surface area contributed by atoms with Crippen molar-refractivity contribution >= 4 is 0 Å². The summed E-state index contributed by atoms with van der Waals surface area (Å²) in [6, 6.07) is 13.9. The van der Waals surface area contributed by atoms with E-state index in [1.54, 1.807) is 0 Å². The summed E-state index contributed by atoms with van der Waals surface area (Å²) in [4.78, 5) is 2.53. The number of nitriles is 1. The quantitative estimate of drug-likeness (QED) is 0.807. The van der Waals surface area contributed by atoms with Crippen molar-refractivity contribution in [1.29, 1.82) is 5.26 Å². The maximum atomic E-state index is 9.41. The predicted octanol–water partition coefficient (Wildman–Crippen LogP) is 3.56. The lowest BCUT2D eigenvalue weighted by Crippen LogP contribution is -2.37. The van der Waals surface area contributed by atoms with Gasteiger partial charge in [-0.1, -0.05) is 37.3 Å². The normalized spacial score (nSPS) is 25.8. The van der Waals surface area contributed by atoms with Crippen LogP contribution in [-0.2, 0) is 0 Å². The van der Waals surface area contributed by atoms with Gasteiger partial charge in [0, 0.05) is 18.6 Å². The third-order valence-corrected chi connectivity index (χ3v) is 4.18. The van der Waals surface area contributed by atoms with Crippen LogP contribution in [0.1, 0.15) is 44.6 Å². The van der Waals surface area contributed by atoms with Crippen LogP contribution < -0.4 is 0 Å². The van der Waals surface area contributed by atoms with Gasteiger partial charge in [0.05, 0.1) is 12.0 Å². The van der Waals surface area contributed by atoms with E-state index < -0.39 is 0 Å². The summed E-state index contributed by atoms with van der Waals surface area (Å²) < 4.78 is 0. The number of hydrogen-bond donors (Lipinski definition) is 0. The van der Waals surface area contributed by atoms with Gasteiger partial charge in [0.1, 0.15) is 0 Å². The molecule has 3 unspecified atom stereocenters. The van der Waals surface area contributed by atoms with Crippen LogP contribution >= 0.6 is 0 Å². The topological polar surface area (TPSA) is 27.0 Å². The Morgan fingerprint density at radius 2 is 2.06 bits per heavy atom. The van der Waals surface area contributed by atoms with Crippen LogP contribution in [0, 0.1) is 11.3 Å². The molecule has 1 fully saturated rings. The predicted molar refractivity (Wildman–Crippen MR) is 74.3 cm³/mol. The van der Waals surface area contributed by atoms with Gasteiger partial charge in [-0.3, -0.25) is 4.90 Å². The lowest BCUT2D eigenvalue weighted by atomic mass is 9.99. The van der Waals surface area contributed by atoms with Gasteiger partial charge >= 0.3 is 0 Å². The van der Waals surface area contributed by atoms with Gasteiger partial charge in [0.15, 0.2) is 0 Å². The molecule has 0 N–H and O–H groups in total. The molecule has 1 aliphatic rings. The number of rotatable bonds is 4. The molecule has 1 heterocycles. The van der Waals surface area contributed by atoms with Gasteiger partial charge < -0.3 is 0 Å². The highest BCUT2D eigenvalue weighted by Crippen LogP contribution is 2.29. The molecule has 0 spiro atoms. The van der Waals surface area contributed by atoms with E-state index in [9.17, 15) is 5.26 Å². The molecule has 0 aliphatic carbocycles. The highest BCUT2D eigenvalue weighted by Gasteiger charge is 2.31. The third-order valence-electron chi connectivity index (χ3n) is 4.18. The minimum Gasteiger partial charge on any atom is -0.296 e. The Morgan fingerprint density at radius 1 is 1.33 bits per heavy atom. The Kier molecular flexibility index (Phi) is 4.38. The fourth-order valence-electron chi connectivity index (χ4n) is 3.01. The summed E-state index contributed by atoms with van der Waals surface area (Å²) in [7, 11) is 0. The summed E-state index contributed by atoms with van der Waals surface area (Å²) in [5.74, 6) is 0.000741. The molecular weight excluding hydrogens is 220 g/mol. The van der Waals surface area contributed by atoms with Crippen LogP contribution in [0.3, 0.4) is 0 Å². The van der Waals surface area contributed by atoms with Gasteiger partial charge in [0.2, 0.25) is 0 Å². The SMILES string of the molecule is CCC1CCC(C)N1CC(C#N)c1ccccc1. The monoisotopic (exact) mass is 242 g/mol. The largest absolute Gasteiger partial charge is 0.296 e. The lowest BCUT2D eigenvalue weighted by molar-refractivity contribution is 0.195. The highest BCUT2D eigenvalue weighted by molar-refractivity contribution is 5.25. The van der Waals surface area contributed by atoms with Crippen LogP contribution in [0.2, 0.25) is 0 Å². The molecule has 2 nitrogen and oxygen atoms in total. The average molecular weight is 242 g/mol. The molecule has 2 heteroatoms. The smallest absolute Gasteiger partial charge is 0.0839 e. The zero-order valence-corrected chi connectivity index (χ0v) is 11.3. The fraction of sp³-hybridized carbons (Fsp3) is 0.562. The first-order valence-corrected chi connectivity index (χ1v) is 6.96. The summed E-state index contributed by atoms with van der Waals surface area (Å²) in [5, 5.41) is 9.41. The van der Waals surface area contributed by atoms with Crippen molar-refractivity contribution in [2.45, 2.75) is 51.1 Å². The number of nitrogens with zero attached hydrogens (tertiary/aromatic N) is 2. The molecular formula is C16H22N2. The van der Waals surface area contributed by atoms with Crippen molar-refractivity contribution in [3.8, 4) is 6.07 Å². The second-order valence-electron chi connectivity index (χ2n) is 5.28. The minimum atomic E-state index is 0.000741. The molecule has 0 aromatic heterocycles. The molecule has 0 radical (unpaired) electrons. The Bertz CT molecular complexity index is 407. The summed E-state index contributed by atoms with van der Waals surface area (Å²) in [5.41, 5.74) is 1.15. The standard InChI is InChI=1S/C16H22N2/c1-3-16-10-9-13(2)18(16)12-15(11-17)14-7-5-4-6-8-14/h4-8,13,15-16H,3,9-10,12H2,1-2H3. The Labute approximate surface area is 110 Å². The van der Waals surface area contributed by atoms with Gasteiger partial charge in [-0.2, -0.15) is 5.26 Å². The number of likely N-dealkylation sites (tertiary alicyclic amines) is 1. The van der Waals surface area contributed by atoms with Crippen molar-refractivity contribution in [3.05, 3.63) is 35.9 Å². The van der Waals surface area contributed by atoms with E-state index in [-0.39, 0.29) is 5.92 Å². The third kappa shape index (κ3) is 2.73. The van der Waals surface area contributed by atoms with Crippen molar-refractivity contribution in [2.24, 2.45) is 0 Å². The highest BCUT2D eigenvalue weighted by atomic mass is 15.2. The molecule has 0 bridgehead atoms. The number of benzene rings is 1. The first kappa shape index (κ1) is 13.1. The van der Waals surface area contributed by atoms with E-state index in [0.717, 1.165) is 12.1 Å². The van der Waals surface area contributed by atoms with E-state index >= 15 is 0 Å². The molecule has 1 saturated heterocycles. The first-order valence-electron chi connectivity index (χ1n) is 6.96. The van der Waals surface area contributed by atoms with Crippen LogP contribution in [0.5, 0.6) is 0 Å². The van der Waals surface area contributed by atoms with Crippen LogP contribution in [-0.4, -0.2) is 23.5 Å². The van der Waals surface area contributed by atoms with Gasteiger partial charge in [-0.25, -0.2) is 0 Å². The van der Waals surface area contributed by atoms with E-state index in [1.807, 2.05) is 18.2 Å². The van der Waals surface area contributed by atoms with Gasteiger partial charge in [-0.15, -0.1) is 0 Å². The van der Waals surface area contributed by atoms with Crippen LogP contribution in [0.25, 0.3) is 0 Å². The summed E-state index contributed by atoms with van der Waals surface area (Å²) in [6.07, 6.45) is 3.74. The van der Waals surface area contributed by atoms with Crippen LogP contribution in [0.15, 0.2) is 30.3 Å². The molecule has 1 aromatic rings. The Morgan fingerprint density at radius 3 is 2.67 bits per heavy atom. The molecule has 2 rings (SSSR count). The minimum absolute atomic E-state index is 0.000741. The molecule has 1 aliphatic heterocycles. The summed E-state index contributed by atoms with van der Waals surface area (Å²) >= 11 is 0. The Balaban J connectivity index is 2.09. The van der Waals surface area contributed by atoms with Crippen LogP contribution in [0.4, 0.5) is 0 Å². The molecule has 96 valence electrons. The fourth-order valence-corrected chi connectivity index (χ4v) is 3.01. The second kappa shape index (κ2) is 6.02. The summed E-state index contributed by atoms with van der Waals surface area (Å²) in [6.45, 7) is 5.41. The van der Waals surface area contributed by atoms with Gasteiger partial charge in [0.25, 0.3) is 0 Å². The van der Waals surface area contributed by atoms with E-state index in [1.165, 1.54) is 19.3 Å². The van der Waals surface area contributed by atoms with Crippen molar-refractivity contribution in [1.82, 2.24) is 4.90 Å². The van der Waals surface area contributed by atoms with Crippen molar-refractivity contribution in [2.75, 3.05) is 6.54 Å². The van der Waals surface area contributed by atoms with E-state index in [0.29, 0.717) is 12.1 Å². The maximum Gasteiger partial charge on any atom is 0.0839 e. The first-order chi connectivity index (χ1) is 8.76. The van der Waals surface area contributed by atoms with Crippen molar-refractivity contribution in [3.63, 3.8) is 0 Å². The average Bonchev–Trinajstić information content (AvgIpc) is 2.77. The van der Waals surface area contributed by atoms with Crippen molar-refractivity contribution < 1.29 is 0 Å². The van der Waals surface area contributed by atoms with E-state index in [4.69, 9.17) is 0 Å². The lowest BCUT2D eigenvalue weighted by Gasteiger charge is -2.29. The second-order valence-corrected chi connectivity index (χ2v) is 5.28. The Hall–Kier alpha value is -1.33. The zero-order valence-electron chi connectivity index (χ0n) is 11.3. The zero-order chi connectivity index (χ0) is 13.0. The molecule has 3 atom stereocenters. The molecule has 1 aromatic carbocycles. The maximum absolute atomic E-state index is 9.41.